The lowest BCUT2D eigenvalue weighted by atomic mass is 10.1. The van der Waals surface area contributed by atoms with E-state index in [0.717, 1.165) is 53.3 Å². The number of methoxy groups -OCH3 is 2. The number of likely N-dealkylation sites (N-methyl/N-ethyl adjacent to an activating group) is 1. The summed E-state index contributed by atoms with van der Waals surface area (Å²) in [4.78, 5) is 4.78. The molecule has 2 aromatic rings. The Bertz CT molecular complexity index is 1140. The Labute approximate surface area is 229 Å². The summed E-state index contributed by atoms with van der Waals surface area (Å²) in [5.41, 5.74) is 9.93. The van der Waals surface area contributed by atoms with Gasteiger partial charge in [0.1, 0.15) is 27.6 Å². The molecule has 4 nitrogen and oxygen atoms in total. The number of nitrogens with zero attached hydrogens (tertiary/aromatic N) is 2. The SMILES string of the molecule is COc1cc(Br)ccc1C#C[Si](C)(C)C.COc1cc(N2CCN(C)CC2)ccc1C#C[Si](C)(C)C. The second-order valence-corrected chi connectivity index (χ2v) is 21.4. The molecular weight excluding hydrogens is 544 g/mol. The van der Waals surface area contributed by atoms with Gasteiger partial charge in [0.05, 0.1) is 25.3 Å². The second kappa shape index (κ2) is 13.4. The molecule has 1 aliphatic rings. The maximum absolute atomic E-state index is 5.54. The van der Waals surface area contributed by atoms with E-state index in [-0.39, 0.29) is 0 Å². The van der Waals surface area contributed by atoms with Crippen LogP contribution in [-0.2, 0) is 0 Å². The highest BCUT2D eigenvalue weighted by Crippen LogP contribution is 2.26. The molecule has 0 aliphatic carbocycles. The van der Waals surface area contributed by atoms with Crippen LogP contribution in [0.4, 0.5) is 5.69 Å². The maximum atomic E-state index is 5.54. The summed E-state index contributed by atoms with van der Waals surface area (Å²) in [6, 6.07) is 12.3. The lowest BCUT2D eigenvalue weighted by Crippen LogP contribution is -2.44. The Morgan fingerprint density at radius 3 is 1.67 bits per heavy atom. The Morgan fingerprint density at radius 1 is 0.722 bits per heavy atom. The first kappa shape index (κ1) is 30.1. The Kier molecular flexibility index (Phi) is 11.2. The number of anilines is 1. The number of piperazine rings is 1. The fraction of sp³-hybridized carbons (Fsp3) is 0.448. The van der Waals surface area contributed by atoms with Crippen LogP contribution >= 0.6 is 15.9 Å². The van der Waals surface area contributed by atoms with Crippen molar-refractivity contribution < 1.29 is 9.47 Å². The van der Waals surface area contributed by atoms with Crippen LogP contribution in [0.25, 0.3) is 0 Å². The number of hydrogen-bond donors (Lipinski definition) is 0. The van der Waals surface area contributed by atoms with Crippen LogP contribution in [0.3, 0.4) is 0 Å². The topological polar surface area (TPSA) is 24.9 Å². The molecule has 194 valence electrons. The van der Waals surface area contributed by atoms with E-state index in [1.165, 1.54) is 5.69 Å². The average molecular weight is 586 g/mol. The smallest absolute Gasteiger partial charge is 0.136 e. The van der Waals surface area contributed by atoms with E-state index in [1.54, 1.807) is 14.2 Å². The molecule has 0 spiro atoms. The Balaban J connectivity index is 0.000000269. The molecule has 1 saturated heterocycles. The van der Waals surface area contributed by atoms with Gasteiger partial charge >= 0.3 is 0 Å². The van der Waals surface area contributed by atoms with Gasteiger partial charge in [0.15, 0.2) is 0 Å². The van der Waals surface area contributed by atoms with Gasteiger partial charge in [-0.25, -0.2) is 0 Å². The molecule has 0 atom stereocenters. The molecule has 0 amide bonds. The van der Waals surface area contributed by atoms with Gasteiger partial charge in [0.25, 0.3) is 0 Å². The van der Waals surface area contributed by atoms with E-state index in [0.29, 0.717) is 0 Å². The largest absolute Gasteiger partial charge is 0.495 e. The van der Waals surface area contributed by atoms with Crippen LogP contribution in [0.15, 0.2) is 40.9 Å². The summed E-state index contributed by atoms with van der Waals surface area (Å²) in [5.74, 6) is 8.21. The highest BCUT2D eigenvalue weighted by atomic mass is 79.9. The Hall–Kier alpha value is -2.17. The zero-order valence-electron chi connectivity index (χ0n) is 23.4. The van der Waals surface area contributed by atoms with Crippen molar-refractivity contribution in [2.24, 2.45) is 0 Å². The predicted molar refractivity (Wildman–Crippen MR) is 164 cm³/mol. The summed E-state index contributed by atoms with van der Waals surface area (Å²) in [5, 5.41) is 0. The van der Waals surface area contributed by atoms with Gasteiger partial charge in [-0.3, -0.25) is 0 Å². The van der Waals surface area contributed by atoms with E-state index in [9.17, 15) is 0 Å². The molecule has 3 rings (SSSR count). The quantitative estimate of drug-likeness (QED) is 0.309. The van der Waals surface area contributed by atoms with Gasteiger partial charge in [-0.05, 0) is 37.4 Å². The summed E-state index contributed by atoms with van der Waals surface area (Å²) < 4.78 is 11.8. The van der Waals surface area contributed by atoms with Crippen LogP contribution in [0.5, 0.6) is 11.5 Å². The van der Waals surface area contributed by atoms with Gasteiger partial charge in [-0.2, -0.15) is 0 Å². The third kappa shape index (κ3) is 10.4. The number of rotatable bonds is 3. The number of benzene rings is 2. The van der Waals surface area contributed by atoms with Gasteiger partial charge < -0.3 is 19.3 Å². The average Bonchev–Trinajstić information content (AvgIpc) is 2.81. The van der Waals surface area contributed by atoms with Crippen molar-refractivity contribution in [1.82, 2.24) is 4.90 Å². The first-order valence-electron chi connectivity index (χ1n) is 12.3. The van der Waals surface area contributed by atoms with Crippen LogP contribution in [0.1, 0.15) is 11.1 Å². The molecule has 0 aromatic heterocycles. The van der Waals surface area contributed by atoms with E-state index < -0.39 is 16.1 Å². The van der Waals surface area contributed by atoms with Crippen molar-refractivity contribution in [3.05, 3.63) is 52.0 Å². The first-order valence-corrected chi connectivity index (χ1v) is 20.1. The predicted octanol–water partition coefficient (Wildman–Crippen LogP) is 6.36. The number of halogens is 1. The lowest BCUT2D eigenvalue weighted by Gasteiger charge is -2.34. The minimum absolute atomic E-state index is 0.829. The molecule has 2 aromatic carbocycles. The molecule has 0 saturated carbocycles. The van der Waals surface area contributed by atoms with Crippen molar-refractivity contribution in [3.63, 3.8) is 0 Å². The molecule has 1 aliphatic heterocycles. The van der Waals surface area contributed by atoms with Crippen molar-refractivity contribution in [2.75, 3.05) is 52.3 Å². The molecular formula is C29H41BrN2O2Si2. The third-order valence-corrected chi connectivity index (χ3v) is 7.60. The first-order chi connectivity index (χ1) is 16.8. The third-order valence-electron chi connectivity index (χ3n) is 5.36. The van der Waals surface area contributed by atoms with Crippen molar-refractivity contribution in [3.8, 4) is 34.4 Å². The zero-order valence-corrected chi connectivity index (χ0v) is 27.0. The molecule has 36 heavy (non-hydrogen) atoms. The molecule has 0 bridgehead atoms. The molecule has 0 radical (unpaired) electrons. The summed E-state index contributed by atoms with van der Waals surface area (Å²) >= 11 is 3.41. The summed E-state index contributed by atoms with van der Waals surface area (Å²) in [7, 11) is 2.89. The molecule has 0 unspecified atom stereocenters. The van der Waals surface area contributed by atoms with Crippen LogP contribution < -0.4 is 14.4 Å². The highest BCUT2D eigenvalue weighted by molar-refractivity contribution is 9.10. The van der Waals surface area contributed by atoms with Gasteiger partial charge in [0, 0.05) is 42.4 Å². The minimum atomic E-state index is -1.36. The summed E-state index contributed by atoms with van der Waals surface area (Å²) in [6.45, 7) is 17.8. The van der Waals surface area contributed by atoms with Crippen molar-refractivity contribution >= 4 is 37.8 Å². The van der Waals surface area contributed by atoms with Crippen LogP contribution in [0.2, 0.25) is 39.3 Å². The monoisotopic (exact) mass is 584 g/mol. The van der Waals surface area contributed by atoms with Crippen molar-refractivity contribution in [1.29, 1.82) is 0 Å². The van der Waals surface area contributed by atoms with Crippen LogP contribution in [0, 0.1) is 22.9 Å². The lowest BCUT2D eigenvalue weighted by molar-refractivity contribution is 0.312. The van der Waals surface area contributed by atoms with Gasteiger partial charge in [-0.15, -0.1) is 11.1 Å². The molecule has 0 N–H and O–H groups in total. The minimum Gasteiger partial charge on any atom is -0.495 e. The molecule has 1 heterocycles. The number of ether oxygens (including phenoxy) is 2. The van der Waals surface area contributed by atoms with E-state index in [2.05, 4.69) is 113 Å². The summed E-state index contributed by atoms with van der Waals surface area (Å²) in [6.07, 6.45) is 0. The van der Waals surface area contributed by atoms with Gasteiger partial charge in [-0.1, -0.05) is 67.1 Å². The van der Waals surface area contributed by atoms with E-state index in [4.69, 9.17) is 9.47 Å². The van der Waals surface area contributed by atoms with Crippen molar-refractivity contribution in [2.45, 2.75) is 39.3 Å². The Morgan fingerprint density at radius 2 is 1.19 bits per heavy atom. The maximum Gasteiger partial charge on any atom is 0.136 e. The highest BCUT2D eigenvalue weighted by Gasteiger charge is 2.16. The van der Waals surface area contributed by atoms with E-state index >= 15 is 0 Å². The molecule has 1 fully saturated rings. The fourth-order valence-electron chi connectivity index (χ4n) is 3.32. The van der Waals surface area contributed by atoms with Gasteiger partial charge in [0.2, 0.25) is 0 Å². The molecule has 7 heteroatoms. The van der Waals surface area contributed by atoms with E-state index in [1.807, 2.05) is 18.2 Å². The zero-order chi connectivity index (χ0) is 26.9. The normalized spacial score (nSPS) is 13.9. The number of hydrogen-bond acceptors (Lipinski definition) is 4. The van der Waals surface area contributed by atoms with Crippen LogP contribution in [-0.4, -0.2) is 68.5 Å². The standard InChI is InChI=1S/C17H26N2OSi.C12H15BrOSi/c1-18-9-11-19(12-10-18)16-7-6-15(17(14-16)20-2)8-13-21(3,4)5;1-14-12-9-11(13)6-5-10(12)7-8-15(2,3)4/h6-7,14H,9-12H2,1-5H3;5-6,9H,1-4H3. The fourth-order valence-corrected chi connectivity index (χ4v) is 4.68. The second-order valence-electron chi connectivity index (χ2n) is 11.0.